The molecule has 0 saturated carbocycles. The van der Waals surface area contributed by atoms with Gasteiger partial charge in [-0.2, -0.15) is 4.98 Å². The van der Waals surface area contributed by atoms with Crippen LogP contribution >= 0.6 is 11.3 Å². The molecule has 0 fully saturated rings. The minimum absolute atomic E-state index is 0.121. The average Bonchev–Trinajstić information content (AvgIpc) is 3.04. The lowest BCUT2D eigenvalue weighted by atomic mass is 10.2. The van der Waals surface area contributed by atoms with Crippen LogP contribution in [-0.4, -0.2) is 28.3 Å². The smallest absolute Gasteiger partial charge is 0.277 e. The summed E-state index contributed by atoms with van der Waals surface area (Å²) in [7, 11) is 0. The van der Waals surface area contributed by atoms with Gasteiger partial charge in [-0.25, -0.2) is 4.98 Å². The van der Waals surface area contributed by atoms with E-state index in [1.54, 1.807) is 11.3 Å². The highest BCUT2D eigenvalue weighted by Crippen LogP contribution is 2.24. The van der Waals surface area contributed by atoms with E-state index in [1.807, 2.05) is 19.2 Å². The molecule has 6 nitrogen and oxygen atoms in total. The highest BCUT2D eigenvalue weighted by Gasteiger charge is 2.18. The Balaban J connectivity index is 2.14. The first-order valence-corrected chi connectivity index (χ1v) is 7.26. The SMILES string of the molecule is CCOC(CC)c1noc(-c2csc(CCN)n2)n1. The van der Waals surface area contributed by atoms with Gasteiger partial charge in [-0.05, 0) is 19.9 Å². The normalized spacial score (nSPS) is 12.8. The van der Waals surface area contributed by atoms with Gasteiger partial charge in [-0.1, -0.05) is 12.1 Å². The molecule has 2 heterocycles. The zero-order valence-corrected chi connectivity index (χ0v) is 11.9. The molecule has 2 aromatic heterocycles. The Kier molecular flexibility index (Phi) is 5.00. The summed E-state index contributed by atoms with van der Waals surface area (Å²) in [6, 6.07) is 0. The summed E-state index contributed by atoms with van der Waals surface area (Å²) in [4.78, 5) is 8.77. The Hall–Kier alpha value is -1.31. The molecule has 0 amide bonds. The molecule has 0 spiro atoms. The van der Waals surface area contributed by atoms with Gasteiger partial charge in [-0.15, -0.1) is 11.3 Å². The van der Waals surface area contributed by atoms with E-state index in [1.165, 1.54) is 0 Å². The number of ether oxygens (including phenoxy) is 1. The van der Waals surface area contributed by atoms with Crippen LogP contribution in [0.3, 0.4) is 0 Å². The monoisotopic (exact) mass is 282 g/mol. The van der Waals surface area contributed by atoms with Crippen LogP contribution < -0.4 is 5.73 Å². The maximum Gasteiger partial charge on any atom is 0.277 e. The summed E-state index contributed by atoms with van der Waals surface area (Å²) in [6.07, 6.45) is 1.45. The molecule has 104 valence electrons. The van der Waals surface area contributed by atoms with E-state index >= 15 is 0 Å². The van der Waals surface area contributed by atoms with E-state index in [0.717, 1.165) is 17.8 Å². The Morgan fingerprint density at radius 3 is 2.95 bits per heavy atom. The Bertz CT molecular complexity index is 511. The lowest BCUT2D eigenvalue weighted by molar-refractivity contribution is 0.0518. The van der Waals surface area contributed by atoms with E-state index in [4.69, 9.17) is 15.0 Å². The molecule has 1 atom stereocenters. The zero-order chi connectivity index (χ0) is 13.7. The molecule has 2 aromatic rings. The zero-order valence-electron chi connectivity index (χ0n) is 11.1. The molecule has 2 rings (SSSR count). The number of nitrogens with zero attached hydrogens (tertiary/aromatic N) is 3. The summed E-state index contributed by atoms with van der Waals surface area (Å²) in [5, 5.41) is 6.85. The van der Waals surface area contributed by atoms with Crippen LogP contribution in [0.2, 0.25) is 0 Å². The van der Waals surface area contributed by atoms with Crippen molar-refractivity contribution < 1.29 is 9.26 Å². The third-order valence-corrected chi connectivity index (χ3v) is 3.51. The van der Waals surface area contributed by atoms with Crippen molar-refractivity contribution in [3.63, 3.8) is 0 Å². The van der Waals surface area contributed by atoms with Crippen LogP contribution in [0.4, 0.5) is 0 Å². The van der Waals surface area contributed by atoms with Gasteiger partial charge >= 0.3 is 0 Å². The predicted molar refractivity (Wildman–Crippen MR) is 72.8 cm³/mol. The van der Waals surface area contributed by atoms with E-state index in [-0.39, 0.29) is 6.10 Å². The molecule has 7 heteroatoms. The van der Waals surface area contributed by atoms with E-state index in [2.05, 4.69) is 15.1 Å². The number of rotatable bonds is 7. The molecule has 0 radical (unpaired) electrons. The molecule has 0 aliphatic carbocycles. The number of nitrogens with two attached hydrogens (primary N) is 1. The fourth-order valence-electron chi connectivity index (χ4n) is 1.69. The van der Waals surface area contributed by atoms with Gasteiger partial charge < -0.3 is 15.0 Å². The second-order valence-corrected chi connectivity index (χ2v) is 4.92. The van der Waals surface area contributed by atoms with Crippen molar-refractivity contribution in [1.29, 1.82) is 0 Å². The highest BCUT2D eigenvalue weighted by molar-refractivity contribution is 7.09. The molecular formula is C12H18N4O2S. The predicted octanol–water partition coefficient (Wildman–Crippen LogP) is 2.18. The molecular weight excluding hydrogens is 264 g/mol. The van der Waals surface area contributed by atoms with E-state index in [9.17, 15) is 0 Å². The van der Waals surface area contributed by atoms with Gasteiger partial charge in [0.25, 0.3) is 5.89 Å². The lowest BCUT2D eigenvalue weighted by Crippen LogP contribution is -2.04. The van der Waals surface area contributed by atoms with Crippen molar-refractivity contribution >= 4 is 11.3 Å². The first kappa shape index (κ1) is 14.1. The van der Waals surface area contributed by atoms with Gasteiger partial charge in [0.2, 0.25) is 5.82 Å². The Morgan fingerprint density at radius 2 is 2.26 bits per heavy atom. The summed E-state index contributed by atoms with van der Waals surface area (Å²) >= 11 is 1.55. The molecule has 0 saturated heterocycles. The van der Waals surface area contributed by atoms with Gasteiger partial charge in [-0.3, -0.25) is 0 Å². The van der Waals surface area contributed by atoms with Crippen LogP contribution in [-0.2, 0) is 11.2 Å². The Morgan fingerprint density at radius 1 is 1.42 bits per heavy atom. The van der Waals surface area contributed by atoms with Gasteiger partial charge in [0.05, 0.1) is 5.01 Å². The molecule has 0 aliphatic rings. The largest absolute Gasteiger partial charge is 0.370 e. The second-order valence-electron chi connectivity index (χ2n) is 3.98. The molecule has 0 bridgehead atoms. The van der Waals surface area contributed by atoms with Crippen LogP contribution in [0.25, 0.3) is 11.6 Å². The van der Waals surface area contributed by atoms with E-state index < -0.39 is 0 Å². The summed E-state index contributed by atoms with van der Waals surface area (Å²) in [5.41, 5.74) is 6.21. The van der Waals surface area contributed by atoms with Gasteiger partial charge in [0, 0.05) is 18.4 Å². The summed E-state index contributed by atoms with van der Waals surface area (Å²) in [5.74, 6) is 1.01. The maximum absolute atomic E-state index is 5.55. The van der Waals surface area contributed by atoms with Crippen LogP contribution in [0, 0.1) is 0 Å². The van der Waals surface area contributed by atoms with Crippen molar-refractivity contribution in [3.05, 3.63) is 16.2 Å². The Labute approximate surface area is 116 Å². The van der Waals surface area contributed by atoms with Crippen molar-refractivity contribution in [2.75, 3.05) is 13.2 Å². The number of aromatic nitrogens is 3. The van der Waals surface area contributed by atoms with Crippen molar-refractivity contribution in [2.45, 2.75) is 32.8 Å². The molecule has 2 N–H and O–H groups in total. The molecule has 19 heavy (non-hydrogen) atoms. The van der Waals surface area contributed by atoms with Gasteiger partial charge in [0.1, 0.15) is 11.8 Å². The molecule has 0 aliphatic heterocycles. The average molecular weight is 282 g/mol. The number of hydrogen-bond acceptors (Lipinski definition) is 7. The highest BCUT2D eigenvalue weighted by atomic mass is 32.1. The minimum Gasteiger partial charge on any atom is -0.370 e. The first-order valence-electron chi connectivity index (χ1n) is 6.38. The minimum atomic E-state index is -0.121. The first-order chi connectivity index (χ1) is 9.28. The van der Waals surface area contributed by atoms with Crippen molar-refractivity contribution in [3.8, 4) is 11.6 Å². The quantitative estimate of drug-likeness (QED) is 0.837. The number of thiazole rings is 1. The van der Waals surface area contributed by atoms with E-state index in [0.29, 0.717) is 30.6 Å². The molecule has 1 unspecified atom stereocenters. The second kappa shape index (κ2) is 6.74. The fraction of sp³-hybridized carbons (Fsp3) is 0.583. The topological polar surface area (TPSA) is 87.1 Å². The summed E-state index contributed by atoms with van der Waals surface area (Å²) < 4.78 is 10.8. The lowest BCUT2D eigenvalue weighted by Gasteiger charge is -2.09. The summed E-state index contributed by atoms with van der Waals surface area (Å²) in [6.45, 7) is 5.19. The fourth-order valence-corrected chi connectivity index (χ4v) is 2.48. The van der Waals surface area contributed by atoms with Crippen LogP contribution in [0.1, 0.15) is 37.2 Å². The van der Waals surface area contributed by atoms with Crippen LogP contribution in [0.5, 0.6) is 0 Å². The molecule has 0 aromatic carbocycles. The maximum atomic E-state index is 5.55. The van der Waals surface area contributed by atoms with Crippen molar-refractivity contribution in [2.24, 2.45) is 5.73 Å². The standard InChI is InChI=1S/C12H18N4O2S/c1-3-9(17-4-2)11-15-12(18-16-11)8-7-19-10(14-8)5-6-13/h7,9H,3-6,13H2,1-2H3. The van der Waals surface area contributed by atoms with Gasteiger partial charge in [0.15, 0.2) is 0 Å². The number of hydrogen-bond donors (Lipinski definition) is 1. The van der Waals surface area contributed by atoms with Crippen molar-refractivity contribution in [1.82, 2.24) is 15.1 Å². The third-order valence-electron chi connectivity index (χ3n) is 2.60. The van der Waals surface area contributed by atoms with Crippen LogP contribution in [0.15, 0.2) is 9.90 Å². The third kappa shape index (κ3) is 3.37.